The molecule has 1 fully saturated rings. The molecule has 1 aliphatic rings. The van der Waals surface area contributed by atoms with Gasteiger partial charge in [0.1, 0.15) is 11.3 Å². The van der Waals surface area contributed by atoms with Gasteiger partial charge in [-0.25, -0.2) is 0 Å². The predicted octanol–water partition coefficient (Wildman–Crippen LogP) is 3.04. The molecule has 0 saturated carbocycles. The van der Waals surface area contributed by atoms with Gasteiger partial charge < -0.3 is 14.1 Å². The maximum Gasteiger partial charge on any atom is 0.241 e. The van der Waals surface area contributed by atoms with Crippen LogP contribution >= 0.6 is 0 Å². The normalized spacial score (nSPS) is 17.9. The fraction of sp³-hybridized carbons (Fsp3) is 0.273. The third kappa shape index (κ3) is 3.39. The summed E-state index contributed by atoms with van der Waals surface area (Å²) in [5.41, 5.74) is 1.91. The van der Waals surface area contributed by atoms with Gasteiger partial charge in [-0.05, 0) is 31.2 Å². The van der Waals surface area contributed by atoms with E-state index in [1.165, 1.54) is 6.26 Å². The molecule has 144 valence electrons. The van der Waals surface area contributed by atoms with E-state index in [0.29, 0.717) is 35.4 Å². The Morgan fingerprint density at radius 2 is 1.96 bits per heavy atom. The zero-order valence-electron chi connectivity index (χ0n) is 15.9. The molecule has 0 bridgehead atoms. The predicted molar refractivity (Wildman–Crippen MR) is 108 cm³/mol. The number of piperazine rings is 1. The number of methoxy groups -OCH3 is 1. The highest BCUT2D eigenvalue weighted by molar-refractivity contribution is 5.96. The van der Waals surface area contributed by atoms with Crippen molar-refractivity contribution < 1.29 is 13.9 Å². The van der Waals surface area contributed by atoms with Gasteiger partial charge in [0, 0.05) is 36.4 Å². The Balaban J connectivity index is 1.54. The Morgan fingerprint density at radius 1 is 1.14 bits per heavy atom. The minimum Gasteiger partial charge on any atom is -0.497 e. The average Bonchev–Trinajstić information content (AvgIpc) is 2.70. The molecule has 4 rings (SSSR count). The number of amides is 1. The van der Waals surface area contributed by atoms with Crippen molar-refractivity contribution in [2.45, 2.75) is 19.5 Å². The van der Waals surface area contributed by atoms with Gasteiger partial charge in [-0.3, -0.25) is 14.5 Å². The van der Waals surface area contributed by atoms with Gasteiger partial charge in [0.05, 0.1) is 25.3 Å². The SMILES string of the molecule is COc1cccc(N2C(=O)CN(Cc3coc4ccccc4c3=O)C[C@@H]2C)c1. The quantitative estimate of drug-likeness (QED) is 0.698. The molecule has 28 heavy (non-hydrogen) atoms. The van der Waals surface area contributed by atoms with E-state index in [2.05, 4.69) is 0 Å². The van der Waals surface area contributed by atoms with Crippen LogP contribution in [0.25, 0.3) is 11.0 Å². The van der Waals surface area contributed by atoms with Crippen LogP contribution in [0.1, 0.15) is 12.5 Å². The molecule has 1 atom stereocenters. The summed E-state index contributed by atoms with van der Waals surface area (Å²) < 4.78 is 10.9. The largest absolute Gasteiger partial charge is 0.497 e. The molecule has 0 N–H and O–H groups in total. The number of carbonyl (C=O) groups excluding carboxylic acids is 1. The lowest BCUT2D eigenvalue weighted by Gasteiger charge is -2.39. The smallest absolute Gasteiger partial charge is 0.241 e. The van der Waals surface area contributed by atoms with E-state index < -0.39 is 0 Å². The minimum absolute atomic E-state index is 0.00261. The molecule has 2 heterocycles. The van der Waals surface area contributed by atoms with Crippen molar-refractivity contribution in [2.75, 3.05) is 25.1 Å². The number of fused-ring (bicyclic) bond motifs is 1. The highest BCUT2D eigenvalue weighted by Gasteiger charge is 2.31. The molecular formula is C22H22N2O4. The summed E-state index contributed by atoms with van der Waals surface area (Å²) in [5.74, 6) is 0.714. The topological polar surface area (TPSA) is 63.0 Å². The highest BCUT2D eigenvalue weighted by Crippen LogP contribution is 2.26. The van der Waals surface area contributed by atoms with Crippen LogP contribution in [0.2, 0.25) is 0 Å². The van der Waals surface area contributed by atoms with Gasteiger partial charge in [0.25, 0.3) is 0 Å². The Bertz CT molecular complexity index is 1080. The maximum atomic E-state index is 12.8. The van der Waals surface area contributed by atoms with Crippen molar-refractivity contribution in [2.24, 2.45) is 0 Å². The zero-order valence-corrected chi connectivity index (χ0v) is 15.9. The molecule has 6 heteroatoms. The molecule has 0 aliphatic carbocycles. The number of carbonyl (C=O) groups is 1. The van der Waals surface area contributed by atoms with E-state index in [9.17, 15) is 9.59 Å². The number of hydrogen-bond acceptors (Lipinski definition) is 5. The molecule has 6 nitrogen and oxygen atoms in total. The van der Waals surface area contributed by atoms with Gasteiger partial charge in [-0.2, -0.15) is 0 Å². The second-order valence-corrected chi connectivity index (χ2v) is 7.07. The van der Waals surface area contributed by atoms with Gasteiger partial charge in [0.2, 0.25) is 5.91 Å². The summed E-state index contributed by atoms with van der Waals surface area (Å²) in [5, 5.41) is 0.564. The number of benzene rings is 2. The second-order valence-electron chi connectivity index (χ2n) is 7.07. The molecule has 0 spiro atoms. The Morgan fingerprint density at radius 3 is 2.75 bits per heavy atom. The van der Waals surface area contributed by atoms with Crippen LogP contribution in [-0.4, -0.2) is 37.0 Å². The molecule has 3 aromatic rings. The molecule has 0 radical (unpaired) electrons. The first-order valence-corrected chi connectivity index (χ1v) is 9.24. The lowest BCUT2D eigenvalue weighted by atomic mass is 10.1. The number of hydrogen-bond donors (Lipinski definition) is 0. The van der Waals surface area contributed by atoms with E-state index in [1.807, 2.05) is 48.2 Å². The Kier molecular flexibility index (Phi) is 4.88. The molecule has 1 saturated heterocycles. The summed E-state index contributed by atoms with van der Waals surface area (Å²) in [4.78, 5) is 29.4. The van der Waals surface area contributed by atoms with E-state index in [-0.39, 0.29) is 23.9 Å². The van der Waals surface area contributed by atoms with Crippen molar-refractivity contribution in [1.29, 1.82) is 0 Å². The molecule has 2 aromatic carbocycles. The second kappa shape index (κ2) is 7.48. The summed E-state index contributed by atoms with van der Waals surface area (Å²) >= 11 is 0. The van der Waals surface area contributed by atoms with Crippen LogP contribution in [0.4, 0.5) is 5.69 Å². The van der Waals surface area contributed by atoms with Crippen molar-refractivity contribution in [1.82, 2.24) is 4.90 Å². The zero-order chi connectivity index (χ0) is 19.7. The van der Waals surface area contributed by atoms with Crippen molar-refractivity contribution in [3.05, 3.63) is 70.6 Å². The van der Waals surface area contributed by atoms with Crippen LogP contribution < -0.4 is 15.1 Å². The van der Waals surface area contributed by atoms with Crippen LogP contribution in [0, 0.1) is 0 Å². The summed E-state index contributed by atoms with van der Waals surface area (Å²) in [6.45, 7) is 3.30. The fourth-order valence-corrected chi connectivity index (χ4v) is 3.78. The van der Waals surface area contributed by atoms with Gasteiger partial charge in [-0.15, -0.1) is 0 Å². The number of para-hydroxylation sites is 1. The minimum atomic E-state index is -0.0443. The average molecular weight is 378 g/mol. The van der Waals surface area contributed by atoms with Crippen LogP contribution in [0.3, 0.4) is 0 Å². The lowest BCUT2D eigenvalue weighted by Crippen LogP contribution is -2.55. The number of rotatable bonds is 4. The summed E-state index contributed by atoms with van der Waals surface area (Å²) in [7, 11) is 1.61. The van der Waals surface area contributed by atoms with Crippen LogP contribution in [0.5, 0.6) is 5.75 Å². The molecule has 1 amide bonds. The molecule has 0 unspecified atom stereocenters. The van der Waals surface area contributed by atoms with E-state index in [0.717, 1.165) is 5.69 Å². The Hall–Kier alpha value is -3.12. The molecular weight excluding hydrogens is 356 g/mol. The fourth-order valence-electron chi connectivity index (χ4n) is 3.78. The van der Waals surface area contributed by atoms with Crippen molar-refractivity contribution in [3.8, 4) is 5.75 Å². The van der Waals surface area contributed by atoms with E-state index >= 15 is 0 Å². The van der Waals surface area contributed by atoms with Crippen LogP contribution in [-0.2, 0) is 11.3 Å². The van der Waals surface area contributed by atoms with Gasteiger partial charge in [0.15, 0.2) is 5.43 Å². The standard InChI is InChI=1S/C22H22N2O4/c1-15-11-23(12-16-14-28-20-9-4-3-8-19(20)22(16)26)13-21(25)24(15)17-6-5-7-18(10-17)27-2/h3-10,14-15H,11-13H2,1-2H3/t15-/m0/s1. The van der Waals surface area contributed by atoms with E-state index in [4.69, 9.17) is 9.15 Å². The van der Waals surface area contributed by atoms with Crippen LogP contribution in [0.15, 0.2) is 64.0 Å². The third-order valence-electron chi connectivity index (χ3n) is 5.07. The lowest BCUT2D eigenvalue weighted by molar-refractivity contribution is -0.122. The number of ether oxygens (including phenoxy) is 1. The molecule has 1 aliphatic heterocycles. The number of nitrogens with zero attached hydrogens (tertiary/aromatic N) is 2. The highest BCUT2D eigenvalue weighted by atomic mass is 16.5. The van der Waals surface area contributed by atoms with Crippen molar-refractivity contribution in [3.63, 3.8) is 0 Å². The Labute approximate surface area is 162 Å². The monoisotopic (exact) mass is 378 g/mol. The molecule has 1 aromatic heterocycles. The number of anilines is 1. The first-order chi connectivity index (χ1) is 13.6. The summed E-state index contributed by atoms with van der Waals surface area (Å²) in [6.07, 6.45) is 1.51. The van der Waals surface area contributed by atoms with Crippen molar-refractivity contribution >= 4 is 22.6 Å². The van der Waals surface area contributed by atoms with Gasteiger partial charge >= 0.3 is 0 Å². The maximum absolute atomic E-state index is 12.8. The third-order valence-corrected chi connectivity index (χ3v) is 5.07. The first-order valence-electron chi connectivity index (χ1n) is 9.24. The first kappa shape index (κ1) is 18.3. The summed E-state index contributed by atoms with van der Waals surface area (Å²) in [6, 6.07) is 14.7. The van der Waals surface area contributed by atoms with Gasteiger partial charge in [-0.1, -0.05) is 18.2 Å². The van der Waals surface area contributed by atoms with E-state index in [1.54, 1.807) is 24.1 Å².